The summed E-state index contributed by atoms with van der Waals surface area (Å²) in [5.41, 5.74) is 1.01. The second kappa shape index (κ2) is 7.45. The first-order valence-electron chi connectivity index (χ1n) is 5.88. The Morgan fingerprint density at radius 3 is 2.71 bits per heavy atom. The normalized spacial score (nSPS) is 11.5. The maximum absolute atomic E-state index is 11.1. The Bertz CT molecular complexity index is 381. The summed E-state index contributed by atoms with van der Waals surface area (Å²) < 4.78 is 4.84. The quantitative estimate of drug-likeness (QED) is 0.707. The van der Waals surface area contributed by atoms with Gasteiger partial charge in [-0.15, -0.1) is 0 Å². The van der Waals surface area contributed by atoms with Crippen LogP contribution in [0.25, 0.3) is 0 Å². The first-order chi connectivity index (χ1) is 8.27. The van der Waals surface area contributed by atoms with E-state index in [1.807, 2.05) is 30.3 Å². The van der Waals surface area contributed by atoms with Gasteiger partial charge >= 0.3 is 5.97 Å². The van der Waals surface area contributed by atoms with Crippen molar-refractivity contribution in [2.24, 2.45) is 0 Å². The standard InChI is InChI=1S/C14H17NO2/c1-2-17-14(16)10-6-9-13(11-15)12-7-4-3-5-8-12/h3-5,7-8,13H,2,6,9-10H2,1H3/t13-/m1/s1. The topological polar surface area (TPSA) is 50.1 Å². The highest BCUT2D eigenvalue weighted by Gasteiger charge is 2.11. The first-order valence-corrected chi connectivity index (χ1v) is 5.88. The number of ether oxygens (including phenoxy) is 1. The van der Waals surface area contributed by atoms with Crippen molar-refractivity contribution in [2.45, 2.75) is 32.1 Å². The number of carbonyl (C=O) groups excluding carboxylic acids is 1. The van der Waals surface area contributed by atoms with Crippen molar-refractivity contribution in [3.8, 4) is 6.07 Å². The fourth-order valence-corrected chi connectivity index (χ4v) is 1.67. The minimum absolute atomic E-state index is 0.134. The Morgan fingerprint density at radius 2 is 2.12 bits per heavy atom. The van der Waals surface area contributed by atoms with Crippen molar-refractivity contribution >= 4 is 5.97 Å². The molecule has 0 aliphatic carbocycles. The molecule has 0 aliphatic heterocycles. The van der Waals surface area contributed by atoms with E-state index in [1.54, 1.807) is 6.92 Å². The molecule has 0 heterocycles. The highest BCUT2D eigenvalue weighted by Crippen LogP contribution is 2.20. The second-order valence-corrected chi connectivity index (χ2v) is 3.79. The van der Waals surface area contributed by atoms with E-state index in [2.05, 4.69) is 6.07 Å². The highest BCUT2D eigenvalue weighted by molar-refractivity contribution is 5.69. The van der Waals surface area contributed by atoms with E-state index < -0.39 is 0 Å². The predicted molar refractivity (Wildman–Crippen MR) is 65.3 cm³/mol. The zero-order chi connectivity index (χ0) is 12.5. The van der Waals surface area contributed by atoms with Crippen LogP contribution in [0.1, 0.15) is 37.7 Å². The Kier molecular flexibility index (Phi) is 5.81. The monoisotopic (exact) mass is 231 g/mol. The maximum atomic E-state index is 11.1. The van der Waals surface area contributed by atoms with Crippen LogP contribution in [0, 0.1) is 11.3 Å². The van der Waals surface area contributed by atoms with Gasteiger partial charge in [0, 0.05) is 6.42 Å². The number of benzene rings is 1. The summed E-state index contributed by atoms with van der Waals surface area (Å²) in [6.45, 7) is 2.21. The molecule has 1 aromatic rings. The van der Waals surface area contributed by atoms with E-state index in [0.717, 1.165) is 5.56 Å². The van der Waals surface area contributed by atoms with Gasteiger partial charge in [-0.25, -0.2) is 0 Å². The third-order valence-corrected chi connectivity index (χ3v) is 2.54. The van der Waals surface area contributed by atoms with E-state index in [0.29, 0.717) is 25.9 Å². The van der Waals surface area contributed by atoms with Gasteiger partial charge in [-0.2, -0.15) is 5.26 Å². The van der Waals surface area contributed by atoms with Gasteiger partial charge in [0.05, 0.1) is 18.6 Å². The van der Waals surface area contributed by atoms with Crippen molar-refractivity contribution in [1.82, 2.24) is 0 Å². The molecule has 0 radical (unpaired) electrons. The molecule has 0 bridgehead atoms. The van der Waals surface area contributed by atoms with Gasteiger partial charge in [-0.1, -0.05) is 30.3 Å². The Morgan fingerprint density at radius 1 is 1.41 bits per heavy atom. The molecule has 1 atom stereocenters. The molecule has 0 saturated heterocycles. The summed E-state index contributed by atoms with van der Waals surface area (Å²) in [6, 6.07) is 11.9. The minimum Gasteiger partial charge on any atom is -0.466 e. The number of nitriles is 1. The van der Waals surface area contributed by atoms with Gasteiger partial charge in [0.1, 0.15) is 0 Å². The fraction of sp³-hybridized carbons (Fsp3) is 0.429. The number of carbonyl (C=O) groups is 1. The molecule has 0 unspecified atom stereocenters. The van der Waals surface area contributed by atoms with Crippen molar-refractivity contribution in [1.29, 1.82) is 5.26 Å². The van der Waals surface area contributed by atoms with Crippen LogP contribution >= 0.6 is 0 Å². The zero-order valence-electron chi connectivity index (χ0n) is 10.1. The number of nitrogens with zero attached hydrogens (tertiary/aromatic N) is 1. The minimum atomic E-state index is -0.183. The summed E-state index contributed by atoms with van der Waals surface area (Å²) >= 11 is 0. The van der Waals surface area contributed by atoms with Crippen LogP contribution in [0.15, 0.2) is 30.3 Å². The summed E-state index contributed by atoms with van der Waals surface area (Å²) in [5.74, 6) is -0.317. The average Bonchev–Trinajstić information content (AvgIpc) is 2.36. The molecule has 0 N–H and O–H groups in total. The number of rotatable bonds is 6. The van der Waals surface area contributed by atoms with Crippen molar-refractivity contribution in [3.05, 3.63) is 35.9 Å². The molecule has 0 aromatic heterocycles. The lowest BCUT2D eigenvalue weighted by atomic mass is 9.95. The molecule has 0 saturated carbocycles. The lowest BCUT2D eigenvalue weighted by Crippen LogP contribution is -2.04. The fourth-order valence-electron chi connectivity index (χ4n) is 1.67. The third kappa shape index (κ3) is 4.69. The van der Waals surface area contributed by atoms with Crippen LogP contribution in [0.5, 0.6) is 0 Å². The summed E-state index contributed by atoms with van der Waals surface area (Å²) in [6.07, 6.45) is 1.77. The summed E-state index contributed by atoms with van der Waals surface area (Å²) in [7, 11) is 0. The molecule has 1 rings (SSSR count). The number of esters is 1. The maximum Gasteiger partial charge on any atom is 0.305 e. The smallest absolute Gasteiger partial charge is 0.305 e. The van der Waals surface area contributed by atoms with Crippen LogP contribution in [-0.2, 0) is 9.53 Å². The molecule has 0 fully saturated rings. The van der Waals surface area contributed by atoms with Crippen LogP contribution in [0.4, 0.5) is 0 Å². The lowest BCUT2D eigenvalue weighted by molar-refractivity contribution is -0.143. The van der Waals surface area contributed by atoms with E-state index in [-0.39, 0.29) is 11.9 Å². The van der Waals surface area contributed by atoms with Crippen LogP contribution < -0.4 is 0 Å². The molecule has 0 aliphatic rings. The number of hydrogen-bond acceptors (Lipinski definition) is 3. The van der Waals surface area contributed by atoms with Crippen molar-refractivity contribution in [3.63, 3.8) is 0 Å². The van der Waals surface area contributed by atoms with E-state index in [1.165, 1.54) is 0 Å². The largest absolute Gasteiger partial charge is 0.466 e. The predicted octanol–water partition coefficient (Wildman–Crippen LogP) is 3.03. The summed E-state index contributed by atoms with van der Waals surface area (Å²) in [5, 5.41) is 9.08. The SMILES string of the molecule is CCOC(=O)CCC[C@H](C#N)c1ccccc1. The first kappa shape index (κ1) is 13.2. The van der Waals surface area contributed by atoms with E-state index in [9.17, 15) is 4.79 Å². The molecule has 17 heavy (non-hydrogen) atoms. The van der Waals surface area contributed by atoms with Gasteiger partial charge in [0.2, 0.25) is 0 Å². The van der Waals surface area contributed by atoms with E-state index >= 15 is 0 Å². The molecule has 0 amide bonds. The molecule has 0 spiro atoms. The van der Waals surface area contributed by atoms with Crippen LogP contribution in [-0.4, -0.2) is 12.6 Å². The van der Waals surface area contributed by atoms with Crippen molar-refractivity contribution < 1.29 is 9.53 Å². The molecule has 3 heteroatoms. The van der Waals surface area contributed by atoms with Gasteiger partial charge in [-0.05, 0) is 25.3 Å². The molecule has 3 nitrogen and oxygen atoms in total. The Labute approximate surface area is 102 Å². The molecular formula is C14H17NO2. The Hall–Kier alpha value is -1.82. The Balaban J connectivity index is 2.39. The van der Waals surface area contributed by atoms with Gasteiger partial charge in [0.25, 0.3) is 0 Å². The number of hydrogen-bond donors (Lipinski definition) is 0. The summed E-state index contributed by atoms with van der Waals surface area (Å²) in [4.78, 5) is 11.1. The lowest BCUT2D eigenvalue weighted by Gasteiger charge is -2.08. The van der Waals surface area contributed by atoms with Gasteiger partial charge in [0.15, 0.2) is 0 Å². The average molecular weight is 231 g/mol. The zero-order valence-corrected chi connectivity index (χ0v) is 10.1. The van der Waals surface area contributed by atoms with E-state index in [4.69, 9.17) is 10.00 Å². The third-order valence-electron chi connectivity index (χ3n) is 2.54. The molecule has 1 aromatic carbocycles. The van der Waals surface area contributed by atoms with Crippen LogP contribution in [0.3, 0.4) is 0 Å². The molecule has 90 valence electrons. The molecular weight excluding hydrogens is 214 g/mol. The van der Waals surface area contributed by atoms with Crippen molar-refractivity contribution in [2.75, 3.05) is 6.61 Å². The highest BCUT2D eigenvalue weighted by atomic mass is 16.5. The van der Waals surface area contributed by atoms with Crippen LogP contribution in [0.2, 0.25) is 0 Å². The van der Waals surface area contributed by atoms with Gasteiger partial charge in [-0.3, -0.25) is 4.79 Å². The van der Waals surface area contributed by atoms with Gasteiger partial charge < -0.3 is 4.74 Å². The second-order valence-electron chi connectivity index (χ2n) is 3.79.